The highest BCUT2D eigenvalue weighted by Crippen LogP contribution is 2.42. The van der Waals surface area contributed by atoms with Crippen molar-refractivity contribution >= 4 is 12.6 Å². The molecule has 0 bridgehead atoms. The van der Waals surface area contributed by atoms with Crippen LogP contribution in [0.25, 0.3) is 0 Å². The summed E-state index contributed by atoms with van der Waals surface area (Å²) in [6.45, 7) is 3.76. The molecule has 1 aliphatic heterocycles. The fourth-order valence-electron chi connectivity index (χ4n) is 1.25. The van der Waals surface area contributed by atoms with E-state index in [4.69, 9.17) is 9.47 Å². The van der Waals surface area contributed by atoms with Crippen molar-refractivity contribution in [3.05, 3.63) is 23.8 Å². The maximum Gasteiger partial charge on any atom is 0.295 e. The van der Waals surface area contributed by atoms with Crippen LogP contribution >= 0.6 is 12.6 Å². The molecule has 0 saturated carbocycles. The van der Waals surface area contributed by atoms with Crippen molar-refractivity contribution in [3.63, 3.8) is 0 Å². The van der Waals surface area contributed by atoms with Gasteiger partial charge in [0.1, 0.15) is 0 Å². The fourth-order valence-corrected chi connectivity index (χ4v) is 1.44. The number of benzene rings is 1. The first-order valence-electron chi connectivity index (χ1n) is 3.78. The quantitative estimate of drug-likeness (QED) is 0.621. The summed E-state index contributed by atoms with van der Waals surface area (Å²) < 4.78 is 10.9. The number of thiol groups is 1. The molecule has 12 heavy (non-hydrogen) atoms. The lowest BCUT2D eigenvalue weighted by Gasteiger charge is -2.14. The van der Waals surface area contributed by atoms with Crippen molar-refractivity contribution in [2.24, 2.45) is 0 Å². The van der Waals surface area contributed by atoms with Crippen molar-refractivity contribution in [1.82, 2.24) is 0 Å². The van der Waals surface area contributed by atoms with Gasteiger partial charge >= 0.3 is 0 Å². The first-order chi connectivity index (χ1) is 5.58. The van der Waals surface area contributed by atoms with E-state index in [1.807, 2.05) is 25.1 Å². The standard InChI is InChI=1S/C9H10O2S/c1-6-4-3-5-7-8(6)11-9(2,12)10-7/h3-5,12H,1-2H3. The predicted molar refractivity (Wildman–Crippen MR) is 49.8 cm³/mol. The SMILES string of the molecule is Cc1cccc2c1OC(C)(S)O2. The van der Waals surface area contributed by atoms with Gasteiger partial charge in [-0.1, -0.05) is 24.8 Å². The van der Waals surface area contributed by atoms with E-state index in [1.54, 1.807) is 6.92 Å². The van der Waals surface area contributed by atoms with Gasteiger partial charge in [-0.15, -0.1) is 0 Å². The summed E-state index contributed by atoms with van der Waals surface area (Å²) in [4.78, 5) is 0. The molecule has 0 aliphatic carbocycles. The Bertz CT molecular complexity index is 320. The first kappa shape index (κ1) is 7.80. The lowest BCUT2D eigenvalue weighted by Crippen LogP contribution is -2.26. The summed E-state index contributed by atoms with van der Waals surface area (Å²) in [6.07, 6.45) is 0. The summed E-state index contributed by atoms with van der Waals surface area (Å²) in [7, 11) is 0. The van der Waals surface area contributed by atoms with E-state index in [0.717, 1.165) is 17.1 Å². The number of fused-ring (bicyclic) bond motifs is 1. The van der Waals surface area contributed by atoms with Crippen molar-refractivity contribution in [1.29, 1.82) is 0 Å². The summed E-state index contributed by atoms with van der Waals surface area (Å²) in [5.41, 5.74) is 1.07. The highest BCUT2D eigenvalue weighted by molar-refractivity contribution is 7.81. The van der Waals surface area contributed by atoms with E-state index in [2.05, 4.69) is 12.6 Å². The number of para-hydroxylation sites is 1. The molecule has 1 atom stereocenters. The van der Waals surface area contributed by atoms with Crippen molar-refractivity contribution in [2.75, 3.05) is 0 Å². The average molecular weight is 182 g/mol. The molecule has 0 fully saturated rings. The van der Waals surface area contributed by atoms with Crippen LogP contribution in [0.1, 0.15) is 12.5 Å². The van der Waals surface area contributed by atoms with Crippen LogP contribution in [0, 0.1) is 6.92 Å². The molecular weight excluding hydrogens is 172 g/mol. The Morgan fingerprint density at radius 3 is 2.75 bits per heavy atom. The van der Waals surface area contributed by atoms with E-state index in [9.17, 15) is 0 Å². The van der Waals surface area contributed by atoms with E-state index in [1.165, 1.54) is 0 Å². The third-order valence-electron chi connectivity index (χ3n) is 1.77. The van der Waals surface area contributed by atoms with Crippen LogP contribution in [-0.2, 0) is 0 Å². The van der Waals surface area contributed by atoms with E-state index < -0.39 is 5.12 Å². The van der Waals surface area contributed by atoms with Gasteiger partial charge in [0.05, 0.1) is 0 Å². The largest absolute Gasteiger partial charge is 0.440 e. The van der Waals surface area contributed by atoms with Crippen LogP contribution in [0.4, 0.5) is 0 Å². The molecule has 1 aliphatic rings. The molecule has 0 saturated heterocycles. The van der Waals surface area contributed by atoms with E-state index >= 15 is 0 Å². The number of hydrogen-bond acceptors (Lipinski definition) is 3. The Morgan fingerprint density at radius 2 is 2.08 bits per heavy atom. The zero-order valence-corrected chi connectivity index (χ0v) is 7.89. The molecule has 0 amide bonds. The number of hydrogen-bond donors (Lipinski definition) is 1. The normalized spacial score (nSPS) is 25.9. The minimum Gasteiger partial charge on any atom is -0.440 e. The van der Waals surface area contributed by atoms with Crippen LogP contribution in [-0.4, -0.2) is 5.12 Å². The zero-order valence-electron chi connectivity index (χ0n) is 7.00. The van der Waals surface area contributed by atoms with Gasteiger partial charge in [-0.3, -0.25) is 0 Å². The van der Waals surface area contributed by atoms with Gasteiger partial charge in [0, 0.05) is 6.92 Å². The van der Waals surface area contributed by atoms with Gasteiger partial charge in [-0.05, 0) is 18.6 Å². The molecule has 3 heteroatoms. The number of aryl methyl sites for hydroxylation is 1. The molecule has 64 valence electrons. The third-order valence-corrected chi connectivity index (χ3v) is 1.95. The van der Waals surface area contributed by atoms with Gasteiger partial charge in [0.15, 0.2) is 11.5 Å². The highest BCUT2D eigenvalue weighted by Gasteiger charge is 2.33. The van der Waals surface area contributed by atoms with Crippen molar-refractivity contribution in [3.8, 4) is 11.5 Å². The molecule has 1 unspecified atom stereocenters. The number of ether oxygens (including phenoxy) is 2. The van der Waals surface area contributed by atoms with Gasteiger partial charge in [-0.25, -0.2) is 0 Å². The zero-order chi connectivity index (χ0) is 8.77. The van der Waals surface area contributed by atoms with Crippen LogP contribution < -0.4 is 9.47 Å². The van der Waals surface area contributed by atoms with Gasteiger partial charge in [0.25, 0.3) is 5.12 Å². The topological polar surface area (TPSA) is 18.5 Å². The smallest absolute Gasteiger partial charge is 0.295 e. The molecule has 0 aromatic heterocycles. The molecule has 0 spiro atoms. The lowest BCUT2D eigenvalue weighted by molar-refractivity contribution is 0.0323. The third kappa shape index (κ3) is 1.14. The van der Waals surface area contributed by atoms with E-state index in [0.29, 0.717) is 0 Å². The molecule has 0 N–H and O–H groups in total. The Labute approximate surface area is 76.9 Å². The van der Waals surface area contributed by atoms with Crippen molar-refractivity contribution in [2.45, 2.75) is 19.0 Å². The minimum atomic E-state index is -0.811. The molecule has 1 aromatic rings. The Morgan fingerprint density at radius 1 is 1.33 bits per heavy atom. The second kappa shape index (κ2) is 2.33. The summed E-state index contributed by atoms with van der Waals surface area (Å²) in [6, 6.07) is 5.80. The van der Waals surface area contributed by atoms with Crippen LogP contribution in [0.5, 0.6) is 11.5 Å². The predicted octanol–water partition coefficient (Wildman–Crippen LogP) is 2.37. The molecule has 1 aromatic carbocycles. The second-order valence-electron chi connectivity index (χ2n) is 3.00. The van der Waals surface area contributed by atoms with Crippen molar-refractivity contribution < 1.29 is 9.47 Å². The van der Waals surface area contributed by atoms with Crippen LogP contribution in [0.2, 0.25) is 0 Å². The van der Waals surface area contributed by atoms with E-state index in [-0.39, 0.29) is 0 Å². The minimum absolute atomic E-state index is 0.771. The monoisotopic (exact) mass is 182 g/mol. The highest BCUT2D eigenvalue weighted by atomic mass is 32.1. The molecule has 1 heterocycles. The lowest BCUT2D eigenvalue weighted by atomic mass is 10.2. The summed E-state index contributed by atoms with van der Waals surface area (Å²) in [5.74, 6) is 1.57. The molecule has 2 rings (SSSR count). The molecule has 2 nitrogen and oxygen atoms in total. The van der Waals surface area contributed by atoms with Gasteiger partial charge in [0.2, 0.25) is 0 Å². The first-order valence-corrected chi connectivity index (χ1v) is 4.23. The Kier molecular flexibility index (Phi) is 1.51. The van der Waals surface area contributed by atoms with Gasteiger partial charge < -0.3 is 9.47 Å². The summed E-state index contributed by atoms with van der Waals surface area (Å²) in [5, 5.41) is -0.811. The maximum atomic E-state index is 5.47. The second-order valence-corrected chi connectivity index (χ2v) is 3.82. The average Bonchev–Trinajstić information content (AvgIpc) is 2.25. The van der Waals surface area contributed by atoms with Crippen LogP contribution in [0.15, 0.2) is 18.2 Å². The fraction of sp³-hybridized carbons (Fsp3) is 0.333. The molecular formula is C9H10O2S. The summed E-state index contributed by atoms with van der Waals surface area (Å²) >= 11 is 4.20. The Balaban J connectivity index is 2.48. The maximum absolute atomic E-state index is 5.47. The number of rotatable bonds is 0. The molecule has 0 radical (unpaired) electrons. The Hall–Kier alpha value is -0.830. The van der Waals surface area contributed by atoms with Gasteiger partial charge in [-0.2, -0.15) is 0 Å². The van der Waals surface area contributed by atoms with Crippen LogP contribution in [0.3, 0.4) is 0 Å².